The Morgan fingerprint density at radius 2 is 1.88 bits per heavy atom. The lowest BCUT2D eigenvalue weighted by molar-refractivity contribution is -0.130. The summed E-state index contributed by atoms with van der Waals surface area (Å²) < 4.78 is 7.14. The Bertz CT molecular complexity index is 1330. The maximum absolute atomic E-state index is 13.0. The van der Waals surface area contributed by atoms with Crippen molar-refractivity contribution in [3.05, 3.63) is 82.1 Å². The number of hydrogen-bond acceptors (Lipinski definition) is 5. The van der Waals surface area contributed by atoms with E-state index >= 15 is 0 Å². The van der Waals surface area contributed by atoms with E-state index in [0.717, 1.165) is 27.5 Å². The number of aromatic carboxylic acids is 1. The lowest BCUT2D eigenvalue weighted by Crippen LogP contribution is -2.53. The van der Waals surface area contributed by atoms with Gasteiger partial charge in [0.2, 0.25) is 0 Å². The molecule has 2 aromatic heterocycles. The molecule has 9 nitrogen and oxygen atoms in total. The van der Waals surface area contributed by atoms with Crippen molar-refractivity contribution in [2.75, 3.05) is 0 Å². The number of nitrogens with zero attached hydrogens (tertiary/aromatic N) is 2. The highest BCUT2D eigenvalue weighted by atomic mass is 16.4. The number of carboxylic acid groups (broad SMARTS) is 1. The standard InChI is InChI=1S/C24H21N3O6/c1-13-9-16(23(30)31)6-7-20(13)27-14(2)10-17(15(27)3)11-19-21(28)25-24(32)26(22(19)29)12-18-5-4-8-33-18/h4-11H,12H2,1-3H3,(H,30,31)(H,25,28,32). The topological polar surface area (TPSA) is 122 Å². The van der Waals surface area contributed by atoms with Gasteiger partial charge in [-0.1, -0.05) is 0 Å². The van der Waals surface area contributed by atoms with Crippen LogP contribution in [0.3, 0.4) is 0 Å². The van der Waals surface area contributed by atoms with Crippen molar-refractivity contribution in [1.82, 2.24) is 14.8 Å². The van der Waals surface area contributed by atoms with Gasteiger partial charge >= 0.3 is 12.0 Å². The molecular weight excluding hydrogens is 426 g/mol. The molecule has 9 heteroatoms. The van der Waals surface area contributed by atoms with Gasteiger partial charge in [-0.3, -0.25) is 19.8 Å². The molecule has 4 amide bonds. The zero-order chi connectivity index (χ0) is 23.9. The summed E-state index contributed by atoms with van der Waals surface area (Å²) in [6.07, 6.45) is 2.89. The summed E-state index contributed by atoms with van der Waals surface area (Å²) >= 11 is 0. The van der Waals surface area contributed by atoms with Crippen molar-refractivity contribution in [2.45, 2.75) is 27.3 Å². The van der Waals surface area contributed by atoms with Crippen LogP contribution in [0, 0.1) is 20.8 Å². The fraction of sp³-hybridized carbons (Fsp3) is 0.167. The smallest absolute Gasteiger partial charge is 0.335 e. The highest BCUT2D eigenvalue weighted by molar-refractivity contribution is 6.31. The largest absolute Gasteiger partial charge is 0.478 e. The molecule has 4 rings (SSSR count). The third-order valence-electron chi connectivity index (χ3n) is 5.53. The van der Waals surface area contributed by atoms with E-state index in [0.29, 0.717) is 11.3 Å². The van der Waals surface area contributed by atoms with Crippen LogP contribution < -0.4 is 5.32 Å². The number of benzene rings is 1. The van der Waals surface area contributed by atoms with Gasteiger partial charge in [0.1, 0.15) is 11.3 Å². The normalized spacial score (nSPS) is 15.3. The van der Waals surface area contributed by atoms with E-state index < -0.39 is 23.8 Å². The van der Waals surface area contributed by atoms with Crippen molar-refractivity contribution in [2.24, 2.45) is 0 Å². The summed E-state index contributed by atoms with van der Waals surface area (Å²) in [5.74, 6) is -2.09. The molecule has 0 bridgehead atoms. The number of imide groups is 2. The Hall–Kier alpha value is -4.40. The monoisotopic (exact) mass is 447 g/mol. The number of nitrogens with one attached hydrogen (secondary N) is 1. The zero-order valence-corrected chi connectivity index (χ0v) is 18.2. The first kappa shape index (κ1) is 21.8. The third kappa shape index (κ3) is 3.96. The molecule has 168 valence electrons. The van der Waals surface area contributed by atoms with Crippen LogP contribution in [0.2, 0.25) is 0 Å². The van der Waals surface area contributed by atoms with E-state index in [2.05, 4.69) is 5.32 Å². The number of aryl methyl sites for hydroxylation is 2. The first-order valence-corrected chi connectivity index (χ1v) is 10.1. The van der Waals surface area contributed by atoms with E-state index in [4.69, 9.17) is 4.42 Å². The highest BCUT2D eigenvalue weighted by Crippen LogP contribution is 2.27. The average molecular weight is 447 g/mol. The van der Waals surface area contributed by atoms with Crippen LogP contribution in [-0.4, -0.2) is 38.4 Å². The average Bonchev–Trinajstić information content (AvgIpc) is 3.36. The fourth-order valence-electron chi connectivity index (χ4n) is 3.90. The number of barbiturate groups is 1. The maximum atomic E-state index is 13.0. The van der Waals surface area contributed by atoms with Gasteiger partial charge < -0.3 is 14.1 Å². The zero-order valence-electron chi connectivity index (χ0n) is 18.2. The van der Waals surface area contributed by atoms with Gasteiger partial charge in [-0.15, -0.1) is 0 Å². The number of carboxylic acids is 1. The molecule has 0 atom stereocenters. The Labute approximate surface area is 188 Å². The molecule has 0 unspecified atom stereocenters. The van der Waals surface area contributed by atoms with Crippen molar-refractivity contribution in [3.63, 3.8) is 0 Å². The van der Waals surface area contributed by atoms with Gasteiger partial charge in [-0.05, 0) is 74.4 Å². The molecule has 1 saturated heterocycles. The van der Waals surface area contributed by atoms with Gasteiger partial charge in [0.15, 0.2) is 0 Å². The van der Waals surface area contributed by atoms with Crippen LogP contribution >= 0.6 is 0 Å². The predicted molar refractivity (Wildman–Crippen MR) is 118 cm³/mol. The lowest BCUT2D eigenvalue weighted by Gasteiger charge is -2.25. The van der Waals surface area contributed by atoms with Gasteiger partial charge in [-0.2, -0.15) is 0 Å². The Kier molecular flexibility index (Phi) is 5.47. The maximum Gasteiger partial charge on any atom is 0.335 e. The molecule has 1 aliphatic heterocycles. The number of furan rings is 1. The molecule has 0 spiro atoms. The first-order valence-electron chi connectivity index (χ1n) is 10.1. The number of aromatic nitrogens is 1. The first-order chi connectivity index (χ1) is 15.7. The third-order valence-corrected chi connectivity index (χ3v) is 5.53. The predicted octanol–water partition coefficient (Wildman–Crippen LogP) is 3.36. The van der Waals surface area contributed by atoms with E-state index in [1.54, 1.807) is 24.3 Å². The summed E-state index contributed by atoms with van der Waals surface area (Å²) in [6, 6.07) is 9.12. The molecule has 1 aromatic carbocycles. The van der Waals surface area contributed by atoms with Gasteiger partial charge in [0, 0.05) is 17.1 Å². The number of carbonyl (C=O) groups excluding carboxylic acids is 3. The quantitative estimate of drug-likeness (QED) is 0.457. The number of urea groups is 1. The summed E-state index contributed by atoms with van der Waals surface area (Å²) in [4.78, 5) is 49.8. The molecular formula is C24H21N3O6. The molecule has 1 fully saturated rings. The molecule has 1 aliphatic rings. The minimum absolute atomic E-state index is 0.101. The van der Waals surface area contributed by atoms with E-state index in [9.17, 15) is 24.3 Å². The van der Waals surface area contributed by atoms with Crippen LogP contribution in [0.5, 0.6) is 0 Å². The number of hydrogen-bond donors (Lipinski definition) is 2. The second kappa shape index (κ2) is 8.27. The Morgan fingerprint density at radius 1 is 1.12 bits per heavy atom. The van der Waals surface area contributed by atoms with Crippen molar-refractivity contribution >= 4 is 29.9 Å². The molecule has 3 aromatic rings. The summed E-state index contributed by atoms with van der Waals surface area (Å²) in [5.41, 5.74) is 3.77. The van der Waals surface area contributed by atoms with E-state index in [-0.39, 0.29) is 17.7 Å². The molecule has 3 heterocycles. The van der Waals surface area contributed by atoms with Crippen LogP contribution in [0.15, 0.2) is 52.7 Å². The minimum Gasteiger partial charge on any atom is -0.478 e. The second-order valence-corrected chi connectivity index (χ2v) is 7.76. The van der Waals surface area contributed by atoms with Crippen LogP contribution in [-0.2, 0) is 16.1 Å². The summed E-state index contributed by atoms with van der Waals surface area (Å²) in [5, 5.41) is 11.4. The second-order valence-electron chi connectivity index (χ2n) is 7.76. The SMILES string of the molecule is Cc1cc(C(=O)O)ccc1-n1c(C)cc(C=C2C(=O)NC(=O)N(Cc3ccco3)C2=O)c1C. The molecule has 0 radical (unpaired) electrons. The number of rotatable bonds is 5. The van der Waals surface area contributed by atoms with E-state index in [1.165, 1.54) is 18.4 Å². The van der Waals surface area contributed by atoms with Crippen LogP contribution in [0.1, 0.15) is 38.6 Å². The molecule has 0 aliphatic carbocycles. The summed E-state index contributed by atoms with van der Waals surface area (Å²) in [6.45, 7) is 5.42. The van der Waals surface area contributed by atoms with Gasteiger partial charge in [0.25, 0.3) is 11.8 Å². The van der Waals surface area contributed by atoms with Crippen molar-refractivity contribution < 1.29 is 28.7 Å². The summed E-state index contributed by atoms with van der Waals surface area (Å²) in [7, 11) is 0. The minimum atomic E-state index is -1.01. The van der Waals surface area contributed by atoms with E-state index in [1.807, 2.05) is 31.4 Å². The van der Waals surface area contributed by atoms with Crippen molar-refractivity contribution in [1.29, 1.82) is 0 Å². The van der Waals surface area contributed by atoms with Crippen LogP contribution in [0.25, 0.3) is 11.8 Å². The fourth-order valence-corrected chi connectivity index (χ4v) is 3.90. The lowest BCUT2D eigenvalue weighted by atomic mass is 10.1. The number of carbonyl (C=O) groups is 4. The molecule has 2 N–H and O–H groups in total. The Balaban J connectivity index is 1.72. The van der Waals surface area contributed by atoms with Crippen LogP contribution in [0.4, 0.5) is 4.79 Å². The highest BCUT2D eigenvalue weighted by Gasteiger charge is 2.36. The number of amides is 4. The van der Waals surface area contributed by atoms with Gasteiger partial charge in [0.05, 0.1) is 18.4 Å². The van der Waals surface area contributed by atoms with Crippen molar-refractivity contribution in [3.8, 4) is 5.69 Å². The molecule has 33 heavy (non-hydrogen) atoms. The Morgan fingerprint density at radius 3 is 2.52 bits per heavy atom. The molecule has 0 saturated carbocycles. The van der Waals surface area contributed by atoms with Gasteiger partial charge in [-0.25, -0.2) is 9.59 Å².